The van der Waals surface area contributed by atoms with Crippen LogP contribution in [0.3, 0.4) is 0 Å². The molecule has 1 saturated carbocycles. The van der Waals surface area contributed by atoms with E-state index in [-0.39, 0.29) is 25.2 Å². The van der Waals surface area contributed by atoms with Gasteiger partial charge in [-0.15, -0.1) is 0 Å². The molecule has 106 valence electrons. The summed E-state index contributed by atoms with van der Waals surface area (Å²) in [5, 5.41) is 0. The molecule has 1 aromatic carbocycles. The molecule has 3 rings (SSSR count). The van der Waals surface area contributed by atoms with Gasteiger partial charge in [0.15, 0.2) is 0 Å². The molecule has 0 spiro atoms. The number of Topliss-reactive ketones (excluding diaryl/α,β-unsaturated/α-hetero) is 1. The molecular formula is C18H22OSe. The number of carbonyl (C=O) groups is 1. The molecule has 0 N–H and O–H groups in total. The Bertz CT molecular complexity index is 546. The second kappa shape index (κ2) is 5.50. The van der Waals surface area contributed by atoms with Crippen LogP contribution >= 0.6 is 0 Å². The van der Waals surface area contributed by atoms with Crippen molar-refractivity contribution in [2.24, 2.45) is 5.41 Å². The van der Waals surface area contributed by atoms with Crippen LogP contribution in [0.15, 0.2) is 41.5 Å². The van der Waals surface area contributed by atoms with Crippen molar-refractivity contribution in [1.82, 2.24) is 0 Å². The van der Waals surface area contributed by atoms with E-state index >= 15 is 0 Å². The second-order valence-electron chi connectivity index (χ2n) is 6.39. The summed E-state index contributed by atoms with van der Waals surface area (Å²) in [6.45, 7) is 4.50. The van der Waals surface area contributed by atoms with Gasteiger partial charge in [-0.1, -0.05) is 0 Å². The Morgan fingerprint density at radius 2 is 1.95 bits per heavy atom. The standard InChI is InChI=1S/C18H22OSe/c1-13-7-6-11-18(2)12-10-15(17(19)16(13)18)20-14-8-4-3-5-9-14/h3-5,8-9,15H,6-7,10-12H2,1-2H3/t15-,18+/m0/s1. The molecule has 0 bridgehead atoms. The Morgan fingerprint density at radius 3 is 2.70 bits per heavy atom. The molecule has 0 aliphatic heterocycles. The number of allylic oxidation sites excluding steroid dienone is 2. The van der Waals surface area contributed by atoms with Gasteiger partial charge in [0.2, 0.25) is 0 Å². The summed E-state index contributed by atoms with van der Waals surface area (Å²) in [6, 6.07) is 10.6. The topological polar surface area (TPSA) is 17.1 Å². The normalized spacial score (nSPS) is 30.3. The van der Waals surface area contributed by atoms with Crippen molar-refractivity contribution in [3.8, 4) is 0 Å². The van der Waals surface area contributed by atoms with E-state index in [1.54, 1.807) is 0 Å². The SMILES string of the molecule is CC1=C2C(=O)[C@@H]([Se]c3ccccc3)CC[C@@]2(C)CCC1. The minimum absolute atomic E-state index is 0.183. The van der Waals surface area contributed by atoms with Crippen molar-refractivity contribution in [3.05, 3.63) is 41.5 Å². The first-order chi connectivity index (χ1) is 9.60. The Labute approximate surface area is 128 Å². The molecule has 0 unspecified atom stereocenters. The maximum atomic E-state index is 12.9. The van der Waals surface area contributed by atoms with Crippen molar-refractivity contribution in [2.75, 3.05) is 0 Å². The van der Waals surface area contributed by atoms with Gasteiger partial charge in [-0.3, -0.25) is 0 Å². The Morgan fingerprint density at radius 1 is 1.20 bits per heavy atom. The van der Waals surface area contributed by atoms with Gasteiger partial charge in [-0.25, -0.2) is 0 Å². The Hall–Kier alpha value is -0.851. The van der Waals surface area contributed by atoms with Gasteiger partial charge in [0.25, 0.3) is 0 Å². The van der Waals surface area contributed by atoms with Crippen LogP contribution in [0, 0.1) is 5.41 Å². The zero-order valence-corrected chi connectivity index (χ0v) is 14.0. The fourth-order valence-corrected chi connectivity index (χ4v) is 6.10. The fraction of sp³-hybridized carbons (Fsp3) is 0.500. The predicted octanol–water partition coefficient (Wildman–Crippen LogP) is 3.67. The summed E-state index contributed by atoms with van der Waals surface area (Å²) in [5.74, 6) is 0.472. The van der Waals surface area contributed by atoms with Gasteiger partial charge in [0.05, 0.1) is 0 Å². The molecule has 1 fully saturated rings. The van der Waals surface area contributed by atoms with Gasteiger partial charge in [0, 0.05) is 0 Å². The zero-order chi connectivity index (χ0) is 14.2. The number of rotatable bonds is 2. The van der Waals surface area contributed by atoms with E-state index in [1.165, 1.54) is 34.9 Å². The van der Waals surface area contributed by atoms with Crippen LogP contribution in [0.4, 0.5) is 0 Å². The third kappa shape index (κ3) is 2.52. The van der Waals surface area contributed by atoms with Crippen LogP contribution in [0.1, 0.15) is 46.0 Å². The molecule has 2 aliphatic carbocycles. The van der Waals surface area contributed by atoms with Crippen LogP contribution < -0.4 is 4.46 Å². The number of ketones is 1. The molecule has 2 heteroatoms. The van der Waals surface area contributed by atoms with Crippen LogP contribution in [-0.4, -0.2) is 20.7 Å². The third-order valence-corrected chi connectivity index (χ3v) is 7.51. The monoisotopic (exact) mass is 334 g/mol. The molecule has 0 aromatic heterocycles. The molecule has 1 aromatic rings. The van der Waals surface area contributed by atoms with Gasteiger partial charge in [0.1, 0.15) is 0 Å². The van der Waals surface area contributed by atoms with E-state index in [0.717, 1.165) is 12.8 Å². The molecular weight excluding hydrogens is 311 g/mol. The quantitative estimate of drug-likeness (QED) is 0.755. The first-order valence-corrected chi connectivity index (χ1v) is 9.41. The molecule has 1 nitrogen and oxygen atoms in total. The van der Waals surface area contributed by atoms with Gasteiger partial charge in [-0.05, 0) is 0 Å². The van der Waals surface area contributed by atoms with Crippen LogP contribution in [-0.2, 0) is 4.79 Å². The minimum atomic E-state index is 0.183. The summed E-state index contributed by atoms with van der Waals surface area (Å²) in [7, 11) is 0. The molecule has 0 saturated heterocycles. The van der Waals surface area contributed by atoms with Crippen LogP contribution in [0.5, 0.6) is 0 Å². The maximum absolute atomic E-state index is 12.9. The Balaban J connectivity index is 1.85. The number of hydrogen-bond donors (Lipinski definition) is 0. The first kappa shape index (κ1) is 14.1. The van der Waals surface area contributed by atoms with Gasteiger partial charge < -0.3 is 0 Å². The molecule has 0 amide bonds. The van der Waals surface area contributed by atoms with Crippen LogP contribution in [0.25, 0.3) is 0 Å². The van der Waals surface area contributed by atoms with Crippen molar-refractivity contribution < 1.29 is 4.79 Å². The van der Waals surface area contributed by atoms with E-state index in [2.05, 4.69) is 38.1 Å². The van der Waals surface area contributed by atoms with E-state index in [1.807, 2.05) is 6.07 Å². The summed E-state index contributed by atoms with van der Waals surface area (Å²) < 4.78 is 1.36. The number of fused-ring (bicyclic) bond motifs is 1. The number of carbonyl (C=O) groups excluding carboxylic acids is 1. The van der Waals surface area contributed by atoms with E-state index in [9.17, 15) is 4.79 Å². The summed E-state index contributed by atoms with van der Waals surface area (Å²) in [5.41, 5.74) is 2.76. The molecule has 20 heavy (non-hydrogen) atoms. The molecule has 0 heterocycles. The van der Waals surface area contributed by atoms with Crippen molar-refractivity contribution >= 4 is 25.2 Å². The summed E-state index contributed by atoms with van der Waals surface area (Å²) in [6.07, 6.45) is 5.87. The van der Waals surface area contributed by atoms with E-state index in [4.69, 9.17) is 0 Å². The van der Waals surface area contributed by atoms with E-state index in [0.29, 0.717) is 5.78 Å². The zero-order valence-electron chi connectivity index (χ0n) is 12.3. The summed E-state index contributed by atoms with van der Waals surface area (Å²) >= 11 is 0.282. The van der Waals surface area contributed by atoms with E-state index < -0.39 is 0 Å². The predicted molar refractivity (Wildman–Crippen MR) is 84.5 cm³/mol. The number of hydrogen-bond acceptors (Lipinski definition) is 1. The fourth-order valence-electron chi connectivity index (χ4n) is 3.78. The van der Waals surface area contributed by atoms with Crippen molar-refractivity contribution in [3.63, 3.8) is 0 Å². The van der Waals surface area contributed by atoms with Crippen molar-refractivity contribution in [1.29, 1.82) is 0 Å². The summed E-state index contributed by atoms with van der Waals surface area (Å²) in [4.78, 5) is 13.2. The van der Waals surface area contributed by atoms with Crippen molar-refractivity contribution in [2.45, 2.75) is 50.8 Å². The first-order valence-electron chi connectivity index (χ1n) is 7.56. The molecule has 0 radical (unpaired) electrons. The number of benzene rings is 1. The molecule has 2 aliphatic rings. The van der Waals surface area contributed by atoms with Gasteiger partial charge >= 0.3 is 128 Å². The van der Waals surface area contributed by atoms with Crippen LogP contribution in [0.2, 0.25) is 4.82 Å². The van der Waals surface area contributed by atoms with Gasteiger partial charge in [-0.2, -0.15) is 0 Å². The second-order valence-corrected chi connectivity index (χ2v) is 9.07. The third-order valence-electron chi connectivity index (χ3n) is 4.83. The average molecular weight is 333 g/mol. The Kier molecular flexibility index (Phi) is 3.88. The molecule has 2 atom stereocenters. The average Bonchev–Trinajstić information content (AvgIpc) is 2.43.